The number of hydrogen-bond acceptors (Lipinski definition) is 5. The van der Waals surface area contributed by atoms with Crippen LogP contribution < -0.4 is 20.3 Å². The van der Waals surface area contributed by atoms with Gasteiger partial charge in [-0.1, -0.05) is 18.2 Å². The van der Waals surface area contributed by atoms with Gasteiger partial charge in [0.15, 0.2) is 11.5 Å². The maximum atomic E-state index is 13.0. The van der Waals surface area contributed by atoms with Gasteiger partial charge in [0.1, 0.15) is 5.69 Å². The smallest absolute Gasteiger partial charge is 0.295 e. The van der Waals surface area contributed by atoms with E-state index in [0.717, 1.165) is 22.8 Å². The summed E-state index contributed by atoms with van der Waals surface area (Å²) in [6, 6.07) is 15.0. The number of ether oxygens (including phenoxy) is 2. The van der Waals surface area contributed by atoms with E-state index >= 15 is 0 Å². The summed E-state index contributed by atoms with van der Waals surface area (Å²) in [5.74, 6) is 1.18. The normalized spacial score (nSPS) is 14.0. The topological polar surface area (TPSA) is 74.5 Å². The second-order valence-corrected chi connectivity index (χ2v) is 8.76. The highest BCUT2D eigenvalue weighted by atomic mass is 32.2. The SMILES string of the molecule is Cc1c(NC(=O)[C@@H](C)Sc2ccc3c(c2)OCCCO3)c(=O)n(-c2ccccc2)n1C. The molecular formula is C23H25N3O4S. The number of anilines is 1. The fourth-order valence-electron chi connectivity index (χ4n) is 3.41. The van der Waals surface area contributed by atoms with Gasteiger partial charge in [0, 0.05) is 18.4 Å². The van der Waals surface area contributed by atoms with E-state index in [4.69, 9.17) is 9.47 Å². The number of amides is 1. The van der Waals surface area contributed by atoms with Crippen LogP contribution in [0.1, 0.15) is 19.0 Å². The van der Waals surface area contributed by atoms with E-state index in [9.17, 15) is 9.59 Å². The average Bonchev–Trinajstić information content (AvgIpc) is 2.94. The van der Waals surface area contributed by atoms with E-state index in [-0.39, 0.29) is 11.5 Å². The lowest BCUT2D eigenvalue weighted by Gasteiger charge is -2.13. The zero-order chi connectivity index (χ0) is 22.0. The van der Waals surface area contributed by atoms with Gasteiger partial charge in [-0.15, -0.1) is 11.8 Å². The van der Waals surface area contributed by atoms with Crippen LogP contribution in [0.25, 0.3) is 5.69 Å². The van der Waals surface area contributed by atoms with Crippen molar-refractivity contribution in [3.63, 3.8) is 0 Å². The van der Waals surface area contributed by atoms with E-state index in [1.165, 1.54) is 11.8 Å². The van der Waals surface area contributed by atoms with Gasteiger partial charge in [-0.2, -0.15) is 0 Å². The van der Waals surface area contributed by atoms with Crippen LogP contribution in [0.4, 0.5) is 5.69 Å². The van der Waals surface area contributed by atoms with Gasteiger partial charge < -0.3 is 14.8 Å². The first kappa shape index (κ1) is 21.1. The van der Waals surface area contributed by atoms with Crippen LogP contribution in [0.15, 0.2) is 58.2 Å². The quantitative estimate of drug-likeness (QED) is 0.613. The van der Waals surface area contributed by atoms with E-state index in [2.05, 4.69) is 5.32 Å². The van der Waals surface area contributed by atoms with Crippen molar-refractivity contribution in [2.75, 3.05) is 18.5 Å². The lowest BCUT2D eigenvalue weighted by molar-refractivity contribution is -0.115. The summed E-state index contributed by atoms with van der Waals surface area (Å²) in [7, 11) is 1.80. The third-order valence-corrected chi connectivity index (χ3v) is 6.30. The van der Waals surface area contributed by atoms with Crippen LogP contribution in [0.3, 0.4) is 0 Å². The second-order valence-electron chi connectivity index (χ2n) is 7.34. The molecule has 0 spiro atoms. The van der Waals surface area contributed by atoms with Crippen LogP contribution in [0.2, 0.25) is 0 Å². The van der Waals surface area contributed by atoms with Crippen molar-refractivity contribution in [3.05, 3.63) is 64.6 Å². The third-order valence-electron chi connectivity index (χ3n) is 5.20. The molecule has 1 N–H and O–H groups in total. The lowest BCUT2D eigenvalue weighted by atomic mass is 10.3. The first-order valence-electron chi connectivity index (χ1n) is 10.2. The molecule has 1 aromatic heterocycles. The minimum absolute atomic E-state index is 0.233. The van der Waals surface area contributed by atoms with Gasteiger partial charge in [0.05, 0.1) is 29.8 Å². The predicted octanol–water partition coefficient (Wildman–Crippen LogP) is 3.77. The number of fused-ring (bicyclic) bond motifs is 1. The molecule has 0 fully saturated rings. The molecule has 0 saturated heterocycles. The highest BCUT2D eigenvalue weighted by molar-refractivity contribution is 8.00. The molecular weight excluding hydrogens is 414 g/mol. The number of benzene rings is 2. The standard InChI is InChI=1S/C23H25N3O4S/c1-15-21(23(28)26(25(15)3)17-8-5-4-6-9-17)24-22(27)16(2)31-18-10-11-19-20(14-18)30-13-7-12-29-19/h4-6,8-11,14,16H,7,12-13H2,1-3H3,(H,24,27)/t16-/m1/s1. The highest BCUT2D eigenvalue weighted by Crippen LogP contribution is 2.35. The summed E-state index contributed by atoms with van der Waals surface area (Å²) < 4.78 is 14.7. The van der Waals surface area contributed by atoms with Gasteiger partial charge in [-0.3, -0.25) is 14.3 Å². The Morgan fingerprint density at radius 3 is 2.55 bits per heavy atom. The van der Waals surface area contributed by atoms with Crippen molar-refractivity contribution in [2.24, 2.45) is 7.05 Å². The first-order chi connectivity index (χ1) is 15.0. The largest absolute Gasteiger partial charge is 0.490 e. The summed E-state index contributed by atoms with van der Waals surface area (Å²) in [4.78, 5) is 26.8. The number of para-hydroxylation sites is 1. The molecule has 0 radical (unpaired) electrons. The maximum absolute atomic E-state index is 13.0. The van der Waals surface area contributed by atoms with E-state index < -0.39 is 5.25 Å². The molecule has 8 heteroatoms. The molecule has 2 aromatic carbocycles. The highest BCUT2D eigenvalue weighted by Gasteiger charge is 2.22. The van der Waals surface area contributed by atoms with Crippen LogP contribution in [0, 0.1) is 6.92 Å². The molecule has 31 heavy (non-hydrogen) atoms. The summed E-state index contributed by atoms with van der Waals surface area (Å²) in [6.07, 6.45) is 0.840. The molecule has 1 aliphatic heterocycles. The van der Waals surface area contributed by atoms with Crippen molar-refractivity contribution >= 4 is 23.4 Å². The molecule has 0 saturated carbocycles. The Balaban J connectivity index is 1.51. The maximum Gasteiger partial charge on any atom is 0.295 e. The van der Waals surface area contributed by atoms with Gasteiger partial charge in [-0.25, -0.2) is 4.68 Å². The molecule has 0 aliphatic carbocycles. The molecule has 1 aliphatic rings. The number of carbonyl (C=O) groups excluding carboxylic acids is 1. The van der Waals surface area contributed by atoms with Crippen LogP contribution >= 0.6 is 11.8 Å². The zero-order valence-electron chi connectivity index (χ0n) is 17.8. The number of thioether (sulfide) groups is 1. The number of aromatic nitrogens is 2. The zero-order valence-corrected chi connectivity index (χ0v) is 18.6. The van der Waals surface area contributed by atoms with Crippen molar-refractivity contribution in [3.8, 4) is 17.2 Å². The van der Waals surface area contributed by atoms with Gasteiger partial charge in [0.2, 0.25) is 5.91 Å². The summed E-state index contributed by atoms with van der Waals surface area (Å²) in [5.41, 5.74) is 1.47. The number of nitrogens with zero attached hydrogens (tertiary/aromatic N) is 2. The number of rotatable bonds is 5. The second kappa shape index (κ2) is 8.93. The Hall–Kier alpha value is -3.13. The van der Waals surface area contributed by atoms with Crippen LogP contribution in [-0.2, 0) is 11.8 Å². The summed E-state index contributed by atoms with van der Waals surface area (Å²) >= 11 is 1.41. The van der Waals surface area contributed by atoms with Gasteiger partial charge in [0.25, 0.3) is 5.56 Å². The molecule has 162 valence electrons. The average molecular weight is 440 g/mol. The summed E-state index contributed by atoms with van der Waals surface area (Å²) in [6.45, 7) is 4.88. The Labute approximate surface area is 184 Å². The van der Waals surface area contributed by atoms with Crippen molar-refractivity contribution in [1.82, 2.24) is 9.36 Å². The summed E-state index contributed by atoms with van der Waals surface area (Å²) in [5, 5.41) is 2.42. The molecule has 0 unspecified atom stereocenters. The van der Waals surface area contributed by atoms with Crippen molar-refractivity contribution in [1.29, 1.82) is 0 Å². The first-order valence-corrected chi connectivity index (χ1v) is 11.0. The Morgan fingerprint density at radius 2 is 1.81 bits per heavy atom. The molecule has 0 bridgehead atoms. The minimum Gasteiger partial charge on any atom is -0.490 e. The monoisotopic (exact) mass is 439 g/mol. The fraction of sp³-hybridized carbons (Fsp3) is 0.304. The molecule has 4 rings (SSSR count). The molecule has 3 aromatic rings. The van der Waals surface area contributed by atoms with Crippen molar-refractivity contribution in [2.45, 2.75) is 30.4 Å². The van der Waals surface area contributed by atoms with Crippen LogP contribution in [0.5, 0.6) is 11.5 Å². The van der Waals surface area contributed by atoms with E-state index in [1.54, 1.807) is 16.4 Å². The molecule has 1 amide bonds. The number of carbonyl (C=O) groups is 1. The Kier molecular flexibility index (Phi) is 6.08. The van der Waals surface area contributed by atoms with Gasteiger partial charge in [-0.05, 0) is 44.2 Å². The van der Waals surface area contributed by atoms with E-state index in [1.807, 2.05) is 62.4 Å². The fourth-order valence-corrected chi connectivity index (χ4v) is 4.31. The Morgan fingerprint density at radius 1 is 1.10 bits per heavy atom. The van der Waals surface area contributed by atoms with E-state index in [0.29, 0.717) is 30.3 Å². The van der Waals surface area contributed by atoms with Crippen LogP contribution in [-0.4, -0.2) is 33.7 Å². The van der Waals surface area contributed by atoms with Crippen molar-refractivity contribution < 1.29 is 14.3 Å². The third kappa shape index (κ3) is 4.34. The molecule has 1 atom stereocenters. The minimum atomic E-state index is -0.408. The predicted molar refractivity (Wildman–Crippen MR) is 122 cm³/mol. The number of hydrogen-bond donors (Lipinski definition) is 1. The molecule has 7 nitrogen and oxygen atoms in total. The van der Waals surface area contributed by atoms with Gasteiger partial charge >= 0.3 is 0 Å². The molecule has 2 heterocycles. The lowest BCUT2D eigenvalue weighted by Crippen LogP contribution is -2.27. The Bertz CT molecular complexity index is 1150. The number of nitrogens with one attached hydrogen (secondary N) is 1.